The van der Waals surface area contributed by atoms with Gasteiger partial charge in [0.05, 0.1) is 18.9 Å². The van der Waals surface area contributed by atoms with Crippen molar-refractivity contribution >= 4 is 35.6 Å². The minimum Gasteiger partial charge on any atom is -0.481 e. The molecular formula is C26H30N4O9. The van der Waals surface area contributed by atoms with Gasteiger partial charge in [-0.15, -0.1) is 0 Å². The van der Waals surface area contributed by atoms with Crippen molar-refractivity contribution in [3.05, 3.63) is 71.8 Å². The van der Waals surface area contributed by atoms with E-state index in [1.807, 2.05) is 0 Å². The highest BCUT2D eigenvalue weighted by Gasteiger charge is 2.32. The molecular weight excluding hydrogens is 512 g/mol. The van der Waals surface area contributed by atoms with Crippen LogP contribution in [0.2, 0.25) is 0 Å². The fourth-order valence-electron chi connectivity index (χ4n) is 3.60. The molecule has 0 saturated heterocycles. The van der Waals surface area contributed by atoms with Crippen molar-refractivity contribution in [1.82, 2.24) is 16.0 Å². The molecule has 0 saturated carbocycles. The van der Waals surface area contributed by atoms with Crippen LogP contribution in [0.25, 0.3) is 0 Å². The Balaban J connectivity index is 2.22. The number of carbonyl (C=O) groups excluding carboxylic acids is 3. The summed E-state index contributed by atoms with van der Waals surface area (Å²) >= 11 is 0. The summed E-state index contributed by atoms with van der Waals surface area (Å²) < 4.78 is 0. The summed E-state index contributed by atoms with van der Waals surface area (Å²) in [5.74, 6) is -7.09. The maximum absolute atomic E-state index is 13.2. The van der Waals surface area contributed by atoms with Crippen molar-refractivity contribution in [2.24, 2.45) is 5.73 Å². The van der Waals surface area contributed by atoms with E-state index in [1.54, 1.807) is 60.7 Å². The lowest BCUT2D eigenvalue weighted by atomic mass is 10.0. The zero-order chi connectivity index (χ0) is 28.9. The summed E-state index contributed by atoms with van der Waals surface area (Å²) in [6, 6.07) is 10.9. The van der Waals surface area contributed by atoms with Gasteiger partial charge in [-0.3, -0.25) is 24.0 Å². The summed E-state index contributed by atoms with van der Waals surface area (Å²) in [7, 11) is 0. The molecule has 0 fully saturated rings. The number of aliphatic carboxylic acids is 3. The van der Waals surface area contributed by atoms with Gasteiger partial charge in [-0.25, -0.2) is 4.79 Å². The molecule has 0 radical (unpaired) electrons. The van der Waals surface area contributed by atoms with Crippen LogP contribution in [-0.4, -0.2) is 75.1 Å². The summed E-state index contributed by atoms with van der Waals surface area (Å²) in [5.41, 5.74) is 6.80. The van der Waals surface area contributed by atoms with E-state index >= 15 is 0 Å². The molecule has 4 atom stereocenters. The van der Waals surface area contributed by atoms with Crippen LogP contribution in [0.3, 0.4) is 0 Å². The van der Waals surface area contributed by atoms with Gasteiger partial charge in [0.2, 0.25) is 17.7 Å². The molecule has 13 nitrogen and oxygen atoms in total. The first-order chi connectivity index (χ1) is 18.5. The van der Waals surface area contributed by atoms with E-state index in [2.05, 4.69) is 16.0 Å². The van der Waals surface area contributed by atoms with Crippen molar-refractivity contribution in [2.75, 3.05) is 0 Å². The van der Waals surface area contributed by atoms with E-state index in [1.165, 1.54) is 0 Å². The Morgan fingerprint density at radius 3 is 1.46 bits per heavy atom. The SMILES string of the molecule is NC(CC(=O)O)C(=O)NC(Cc1ccccc1)C(=O)NC(CC(=O)O)C(=O)NC(Cc1ccccc1)C(=O)O. The third-order valence-electron chi connectivity index (χ3n) is 5.56. The van der Waals surface area contributed by atoms with E-state index < -0.39 is 72.6 Å². The van der Waals surface area contributed by atoms with Crippen LogP contribution in [0.15, 0.2) is 60.7 Å². The first-order valence-corrected chi connectivity index (χ1v) is 11.9. The van der Waals surface area contributed by atoms with Crippen molar-refractivity contribution in [1.29, 1.82) is 0 Å². The van der Waals surface area contributed by atoms with E-state index in [-0.39, 0.29) is 12.8 Å². The Bertz CT molecular complexity index is 1170. The predicted molar refractivity (Wildman–Crippen MR) is 136 cm³/mol. The topological polar surface area (TPSA) is 225 Å². The number of hydrogen-bond acceptors (Lipinski definition) is 7. The summed E-state index contributed by atoms with van der Waals surface area (Å²) in [4.78, 5) is 72.7. The van der Waals surface area contributed by atoms with Gasteiger partial charge in [-0.1, -0.05) is 60.7 Å². The van der Waals surface area contributed by atoms with Gasteiger partial charge >= 0.3 is 17.9 Å². The molecule has 0 heterocycles. The summed E-state index contributed by atoms with van der Waals surface area (Å²) in [6.45, 7) is 0. The third-order valence-corrected chi connectivity index (χ3v) is 5.56. The minimum atomic E-state index is -1.68. The van der Waals surface area contributed by atoms with Gasteiger partial charge < -0.3 is 37.0 Å². The van der Waals surface area contributed by atoms with E-state index in [4.69, 9.17) is 10.8 Å². The van der Waals surface area contributed by atoms with Crippen molar-refractivity contribution in [3.8, 4) is 0 Å². The molecule has 4 unspecified atom stereocenters. The van der Waals surface area contributed by atoms with E-state index in [0.29, 0.717) is 11.1 Å². The molecule has 2 aromatic rings. The zero-order valence-electron chi connectivity index (χ0n) is 20.8. The number of rotatable bonds is 15. The van der Waals surface area contributed by atoms with Gasteiger partial charge in [0.15, 0.2) is 0 Å². The molecule has 3 amide bonds. The number of benzene rings is 2. The van der Waals surface area contributed by atoms with Crippen LogP contribution in [0, 0.1) is 0 Å². The lowest BCUT2D eigenvalue weighted by Gasteiger charge is -2.24. The number of carbonyl (C=O) groups is 6. The van der Waals surface area contributed by atoms with Gasteiger partial charge in [0.1, 0.15) is 18.1 Å². The molecule has 0 aliphatic heterocycles. The average molecular weight is 543 g/mol. The van der Waals surface area contributed by atoms with Gasteiger partial charge in [-0.05, 0) is 11.1 Å². The van der Waals surface area contributed by atoms with Crippen molar-refractivity contribution in [3.63, 3.8) is 0 Å². The lowest BCUT2D eigenvalue weighted by molar-refractivity contribution is -0.143. The first-order valence-electron chi connectivity index (χ1n) is 11.9. The summed E-state index contributed by atoms with van der Waals surface area (Å²) in [6.07, 6.45) is -1.76. The minimum absolute atomic E-state index is 0.0919. The molecule has 2 aromatic carbocycles. The molecule has 13 heteroatoms. The highest BCUT2D eigenvalue weighted by Crippen LogP contribution is 2.07. The Kier molecular flexibility index (Phi) is 11.6. The van der Waals surface area contributed by atoms with Crippen LogP contribution in [-0.2, 0) is 41.6 Å². The van der Waals surface area contributed by atoms with Crippen molar-refractivity contribution in [2.45, 2.75) is 49.9 Å². The standard InChI is InChI=1S/C26H30N4O9/c27-17(13-21(31)32)23(35)28-18(11-15-7-3-1-4-8-15)24(36)29-19(14-22(33)34)25(37)30-20(26(38)39)12-16-9-5-2-6-10-16/h1-10,17-20H,11-14,27H2,(H,28,35)(H,29,36)(H,30,37)(H,31,32)(H,33,34)(H,38,39). The quantitative estimate of drug-likeness (QED) is 0.150. The highest BCUT2D eigenvalue weighted by atomic mass is 16.4. The number of carboxylic acids is 3. The maximum atomic E-state index is 13.2. The Morgan fingerprint density at radius 1 is 0.590 bits per heavy atom. The smallest absolute Gasteiger partial charge is 0.326 e. The molecule has 0 aliphatic carbocycles. The Morgan fingerprint density at radius 2 is 1.00 bits per heavy atom. The fraction of sp³-hybridized carbons (Fsp3) is 0.308. The number of hydrogen-bond donors (Lipinski definition) is 7. The van der Waals surface area contributed by atoms with E-state index in [0.717, 1.165) is 0 Å². The molecule has 0 bridgehead atoms. The Hall–Kier alpha value is -4.78. The maximum Gasteiger partial charge on any atom is 0.326 e. The molecule has 0 aliphatic rings. The highest BCUT2D eigenvalue weighted by molar-refractivity contribution is 5.96. The average Bonchev–Trinajstić information content (AvgIpc) is 2.87. The van der Waals surface area contributed by atoms with Gasteiger partial charge in [-0.2, -0.15) is 0 Å². The second-order valence-electron chi connectivity index (χ2n) is 8.70. The largest absolute Gasteiger partial charge is 0.481 e. The van der Waals surface area contributed by atoms with E-state index in [9.17, 15) is 39.0 Å². The lowest BCUT2D eigenvalue weighted by Crippen LogP contribution is -2.58. The fourth-order valence-corrected chi connectivity index (χ4v) is 3.60. The molecule has 39 heavy (non-hydrogen) atoms. The number of nitrogens with two attached hydrogens (primary N) is 1. The van der Waals surface area contributed by atoms with Crippen LogP contribution in [0.5, 0.6) is 0 Å². The number of carboxylic acid groups (broad SMARTS) is 3. The third kappa shape index (κ3) is 10.6. The van der Waals surface area contributed by atoms with Crippen LogP contribution in [0.4, 0.5) is 0 Å². The monoisotopic (exact) mass is 542 g/mol. The molecule has 0 spiro atoms. The number of nitrogens with one attached hydrogen (secondary N) is 3. The van der Waals surface area contributed by atoms with Gasteiger partial charge in [0.25, 0.3) is 0 Å². The molecule has 0 aromatic heterocycles. The van der Waals surface area contributed by atoms with Crippen molar-refractivity contribution < 1.29 is 44.1 Å². The second-order valence-corrected chi connectivity index (χ2v) is 8.70. The molecule has 8 N–H and O–H groups in total. The van der Waals surface area contributed by atoms with Crippen LogP contribution < -0.4 is 21.7 Å². The van der Waals surface area contributed by atoms with Crippen LogP contribution >= 0.6 is 0 Å². The molecule has 2 rings (SSSR count). The van der Waals surface area contributed by atoms with Gasteiger partial charge in [0, 0.05) is 12.8 Å². The zero-order valence-corrected chi connectivity index (χ0v) is 20.8. The Labute approximate surface area is 223 Å². The molecule has 208 valence electrons. The van der Waals surface area contributed by atoms with Crippen LogP contribution in [0.1, 0.15) is 24.0 Å². The predicted octanol–water partition coefficient (Wildman–Crippen LogP) is -0.712. The second kappa shape index (κ2) is 14.8. The normalized spacial score (nSPS) is 13.7. The number of amides is 3. The summed E-state index contributed by atoms with van der Waals surface area (Å²) in [5, 5.41) is 34.7. The first kappa shape index (κ1) is 30.4.